The third kappa shape index (κ3) is 3.78. The minimum absolute atomic E-state index is 0.00182. The van der Waals surface area contributed by atoms with E-state index >= 15 is 0 Å². The van der Waals surface area contributed by atoms with E-state index in [1.54, 1.807) is 14.2 Å². The Morgan fingerprint density at radius 3 is 2.59 bits per heavy atom. The molecule has 5 nitrogen and oxygen atoms in total. The van der Waals surface area contributed by atoms with Crippen LogP contribution in [0.1, 0.15) is 31.4 Å². The molecule has 1 fully saturated rings. The number of amides is 1. The highest BCUT2D eigenvalue weighted by Crippen LogP contribution is 2.31. The van der Waals surface area contributed by atoms with Crippen molar-refractivity contribution in [1.29, 1.82) is 0 Å². The Balaban J connectivity index is 2.00. The number of rotatable bonds is 7. The van der Waals surface area contributed by atoms with Crippen LogP contribution in [0.25, 0.3) is 0 Å². The summed E-state index contributed by atoms with van der Waals surface area (Å²) < 4.78 is 10.2. The van der Waals surface area contributed by atoms with Gasteiger partial charge in [0.25, 0.3) is 0 Å². The molecule has 0 aromatic heterocycles. The van der Waals surface area contributed by atoms with Gasteiger partial charge in [-0.2, -0.15) is 0 Å². The maximum atomic E-state index is 12.3. The summed E-state index contributed by atoms with van der Waals surface area (Å²) in [6.07, 6.45) is 0.488. The molecule has 1 aromatic rings. The van der Waals surface area contributed by atoms with E-state index in [-0.39, 0.29) is 17.9 Å². The number of aliphatic hydroxyl groups excluding tert-OH is 1. The zero-order valence-corrected chi connectivity index (χ0v) is 13.5. The summed E-state index contributed by atoms with van der Waals surface area (Å²) in [5, 5.41) is 10.2. The maximum Gasteiger partial charge on any atom is 0.223 e. The Kier molecular flexibility index (Phi) is 5.80. The van der Waals surface area contributed by atoms with Crippen LogP contribution in [0.5, 0.6) is 5.75 Å². The average Bonchev–Trinajstić information content (AvgIpc) is 2.94. The van der Waals surface area contributed by atoms with E-state index in [4.69, 9.17) is 9.47 Å². The highest BCUT2D eigenvalue weighted by atomic mass is 16.5. The van der Waals surface area contributed by atoms with Crippen LogP contribution < -0.4 is 4.74 Å². The highest BCUT2D eigenvalue weighted by Gasteiger charge is 2.36. The van der Waals surface area contributed by atoms with Gasteiger partial charge in [-0.25, -0.2) is 0 Å². The second-order valence-electron chi connectivity index (χ2n) is 5.81. The molecule has 3 atom stereocenters. The molecule has 1 aliphatic rings. The van der Waals surface area contributed by atoms with Crippen LogP contribution in [-0.2, 0) is 9.53 Å². The van der Waals surface area contributed by atoms with E-state index < -0.39 is 6.10 Å². The largest absolute Gasteiger partial charge is 0.497 e. The van der Waals surface area contributed by atoms with Gasteiger partial charge in [0.1, 0.15) is 5.75 Å². The Hall–Kier alpha value is -1.59. The lowest BCUT2D eigenvalue weighted by molar-refractivity contribution is -0.129. The normalized spacial score (nSPS) is 21.0. The van der Waals surface area contributed by atoms with Gasteiger partial charge in [-0.15, -0.1) is 0 Å². The number of aliphatic hydroxyl groups is 1. The molecular formula is C17H25NO4. The first-order valence-electron chi connectivity index (χ1n) is 7.67. The predicted octanol–water partition coefficient (Wildman–Crippen LogP) is 2.00. The van der Waals surface area contributed by atoms with Crippen molar-refractivity contribution < 1.29 is 19.4 Å². The number of likely N-dealkylation sites (tertiary alicyclic amines) is 1. The van der Waals surface area contributed by atoms with E-state index in [1.165, 1.54) is 0 Å². The fourth-order valence-corrected chi connectivity index (χ4v) is 2.93. The molecule has 0 aliphatic carbocycles. The Morgan fingerprint density at radius 2 is 2.00 bits per heavy atom. The molecule has 5 heteroatoms. The highest BCUT2D eigenvalue weighted by molar-refractivity contribution is 5.79. The first-order valence-corrected chi connectivity index (χ1v) is 7.67. The first kappa shape index (κ1) is 16.8. The summed E-state index contributed by atoms with van der Waals surface area (Å²) in [4.78, 5) is 14.1. The van der Waals surface area contributed by atoms with Crippen LogP contribution in [0.3, 0.4) is 0 Å². The van der Waals surface area contributed by atoms with Gasteiger partial charge in [-0.05, 0) is 31.0 Å². The Morgan fingerprint density at radius 1 is 1.32 bits per heavy atom. The molecule has 0 bridgehead atoms. The first-order chi connectivity index (χ1) is 10.6. The summed E-state index contributed by atoms with van der Waals surface area (Å²) in [6, 6.07) is 7.75. The SMILES string of the molecule is COCC[C@H](O)[C@@H]1CC(=O)N([C@H](C)c2ccc(OC)cc2)C1. The Bertz CT molecular complexity index is 488. The molecule has 122 valence electrons. The standard InChI is InChI=1S/C17H25NO4/c1-12(13-4-6-15(22-3)7-5-13)18-11-14(10-17(18)20)16(19)8-9-21-2/h4-7,12,14,16,19H,8-11H2,1-3H3/t12-,14-,16+/m1/s1. The van der Waals surface area contributed by atoms with E-state index in [9.17, 15) is 9.90 Å². The fourth-order valence-electron chi connectivity index (χ4n) is 2.93. The van der Waals surface area contributed by atoms with Gasteiger partial charge in [-0.3, -0.25) is 4.79 Å². The van der Waals surface area contributed by atoms with E-state index in [2.05, 4.69) is 0 Å². The van der Waals surface area contributed by atoms with Crippen molar-refractivity contribution in [2.45, 2.75) is 31.9 Å². The van der Waals surface area contributed by atoms with Crippen LogP contribution >= 0.6 is 0 Å². The van der Waals surface area contributed by atoms with Gasteiger partial charge >= 0.3 is 0 Å². The van der Waals surface area contributed by atoms with Gasteiger partial charge in [0, 0.05) is 32.6 Å². The molecule has 0 unspecified atom stereocenters. The van der Waals surface area contributed by atoms with Crippen molar-refractivity contribution in [3.63, 3.8) is 0 Å². The summed E-state index contributed by atoms with van der Waals surface area (Å²) in [6.45, 7) is 3.13. The molecule has 0 radical (unpaired) electrons. The molecule has 0 spiro atoms. The lowest BCUT2D eigenvalue weighted by Gasteiger charge is -2.26. The molecular weight excluding hydrogens is 282 g/mol. The van der Waals surface area contributed by atoms with Crippen molar-refractivity contribution in [3.05, 3.63) is 29.8 Å². The minimum atomic E-state index is -0.489. The summed E-state index contributed by atoms with van der Waals surface area (Å²) in [5.41, 5.74) is 1.07. The predicted molar refractivity (Wildman–Crippen MR) is 83.7 cm³/mol. The molecule has 1 aliphatic heterocycles. The minimum Gasteiger partial charge on any atom is -0.497 e. The zero-order valence-electron chi connectivity index (χ0n) is 13.5. The molecule has 22 heavy (non-hydrogen) atoms. The van der Waals surface area contributed by atoms with E-state index in [0.717, 1.165) is 11.3 Å². The number of carbonyl (C=O) groups excluding carboxylic acids is 1. The molecule has 0 saturated carbocycles. The van der Waals surface area contributed by atoms with Crippen LogP contribution in [0.4, 0.5) is 0 Å². The number of ether oxygens (including phenoxy) is 2. The lowest BCUT2D eigenvalue weighted by Crippen LogP contribution is -2.30. The topological polar surface area (TPSA) is 59.0 Å². The van der Waals surface area contributed by atoms with Gasteiger partial charge in [0.15, 0.2) is 0 Å². The van der Waals surface area contributed by atoms with Gasteiger partial charge in [0.2, 0.25) is 5.91 Å². The molecule has 1 N–H and O–H groups in total. The number of hydrogen-bond donors (Lipinski definition) is 1. The van der Waals surface area contributed by atoms with Crippen molar-refractivity contribution in [2.75, 3.05) is 27.4 Å². The number of benzene rings is 1. The summed E-state index contributed by atoms with van der Waals surface area (Å²) in [5.74, 6) is 0.893. The summed E-state index contributed by atoms with van der Waals surface area (Å²) in [7, 11) is 3.25. The third-order valence-corrected chi connectivity index (χ3v) is 4.42. The van der Waals surface area contributed by atoms with Gasteiger partial charge < -0.3 is 19.5 Å². The number of methoxy groups -OCH3 is 2. The Labute approximate surface area is 131 Å². The monoisotopic (exact) mass is 307 g/mol. The van der Waals surface area contributed by atoms with Crippen LogP contribution in [0.15, 0.2) is 24.3 Å². The van der Waals surface area contributed by atoms with Gasteiger partial charge in [0.05, 0.1) is 19.3 Å². The van der Waals surface area contributed by atoms with Gasteiger partial charge in [-0.1, -0.05) is 12.1 Å². The smallest absolute Gasteiger partial charge is 0.223 e. The number of hydrogen-bond acceptors (Lipinski definition) is 4. The van der Waals surface area contributed by atoms with E-state index in [0.29, 0.717) is 26.0 Å². The van der Waals surface area contributed by atoms with Crippen molar-refractivity contribution in [2.24, 2.45) is 5.92 Å². The fraction of sp³-hybridized carbons (Fsp3) is 0.588. The molecule has 2 rings (SSSR count). The zero-order chi connectivity index (χ0) is 16.1. The molecule has 1 saturated heterocycles. The molecule has 1 aromatic carbocycles. The lowest BCUT2D eigenvalue weighted by atomic mass is 9.99. The third-order valence-electron chi connectivity index (χ3n) is 4.42. The number of carbonyl (C=O) groups is 1. The van der Waals surface area contributed by atoms with Crippen molar-refractivity contribution >= 4 is 5.91 Å². The van der Waals surface area contributed by atoms with Crippen molar-refractivity contribution in [3.8, 4) is 5.75 Å². The molecule has 1 heterocycles. The quantitative estimate of drug-likeness (QED) is 0.837. The van der Waals surface area contributed by atoms with Crippen LogP contribution in [0, 0.1) is 5.92 Å². The number of nitrogens with zero attached hydrogens (tertiary/aromatic N) is 1. The maximum absolute atomic E-state index is 12.3. The second kappa shape index (κ2) is 7.61. The van der Waals surface area contributed by atoms with Crippen molar-refractivity contribution in [1.82, 2.24) is 4.90 Å². The molecule has 1 amide bonds. The van der Waals surface area contributed by atoms with E-state index in [1.807, 2.05) is 36.1 Å². The summed E-state index contributed by atoms with van der Waals surface area (Å²) >= 11 is 0. The van der Waals surface area contributed by atoms with Crippen LogP contribution in [-0.4, -0.2) is 49.4 Å². The average molecular weight is 307 g/mol. The van der Waals surface area contributed by atoms with Crippen LogP contribution in [0.2, 0.25) is 0 Å². The second-order valence-corrected chi connectivity index (χ2v) is 5.81.